The zero-order valence-electron chi connectivity index (χ0n) is 12.6. The van der Waals surface area contributed by atoms with Crippen molar-refractivity contribution in [3.63, 3.8) is 0 Å². The fourth-order valence-electron chi connectivity index (χ4n) is 2.07. The molecule has 2 aromatic heterocycles. The van der Waals surface area contributed by atoms with E-state index in [0.717, 1.165) is 29.4 Å². The predicted octanol–water partition coefficient (Wildman–Crippen LogP) is 2.64. The number of hydrogen-bond acceptors (Lipinski definition) is 7. The van der Waals surface area contributed by atoms with Gasteiger partial charge in [-0.25, -0.2) is 8.42 Å². The molecule has 0 amide bonds. The van der Waals surface area contributed by atoms with Gasteiger partial charge in [-0.05, 0) is 20.8 Å². The number of anilines is 2. The van der Waals surface area contributed by atoms with Crippen LogP contribution in [0.3, 0.4) is 0 Å². The van der Waals surface area contributed by atoms with Crippen LogP contribution in [0.25, 0.3) is 0 Å². The third kappa shape index (κ3) is 2.97. The summed E-state index contributed by atoms with van der Waals surface area (Å²) in [6.07, 6.45) is 1.03. The van der Waals surface area contributed by atoms with Crippen LogP contribution in [0.4, 0.5) is 16.4 Å². The highest BCUT2D eigenvalue weighted by Gasteiger charge is 2.25. The molecule has 1 N–H and O–H groups in total. The van der Waals surface area contributed by atoms with Crippen LogP contribution in [0, 0.1) is 24.0 Å². The van der Waals surface area contributed by atoms with E-state index in [-0.39, 0.29) is 14.9 Å². The first-order valence-corrected chi connectivity index (χ1v) is 9.15. The molecule has 2 rings (SSSR count). The molecule has 0 spiro atoms. The molecular weight excluding hydrogens is 328 g/mol. The Kier molecular flexibility index (Phi) is 4.25. The molecule has 10 heteroatoms. The molecule has 0 bridgehead atoms. The molecule has 0 aliphatic rings. The number of aromatic nitrogens is 2. The van der Waals surface area contributed by atoms with Crippen molar-refractivity contribution < 1.29 is 13.3 Å². The van der Waals surface area contributed by atoms with Gasteiger partial charge in [0.2, 0.25) is 0 Å². The van der Waals surface area contributed by atoms with E-state index in [9.17, 15) is 18.5 Å². The van der Waals surface area contributed by atoms with Crippen molar-refractivity contribution in [3.8, 4) is 0 Å². The molecule has 8 nitrogen and oxygen atoms in total. The van der Waals surface area contributed by atoms with Crippen LogP contribution >= 0.6 is 11.3 Å². The second-order valence-corrected chi connectivity index (χ2v) is 8.09. The van der Waals surface area contributed by atoms with Gasteiger partial charge >= 0.3 is 5.69 Å². The van der Waals surface area contributed by atoms with Crippen LogP contribution in [-0.4, -0.2) is 29.4 Å². The van der Waals surface area contributed by atoms with Crippen LogP contribution in [0.1, 0.15) is 18.3 Å². The summed E-state index contributed by atoms with van der Waals surface area (Å²) in [7, 11) is -3.50. The van der Waals surface area contributed by atoms with Crippen molar-refractivity contribution in [2.24, 2.45) is 0 Å². The first-order valence-electron chi connectivity index (χ1n) is 6.44. The van der Waals surface area contributed by atoms with E-state index in [1.807, 2.05) is 13.8 Å². The first kappa shape index (κ1) is 16.4. The van der Waals surface area contributed by atoms with Gasteiger partial charge in [0, 0.05) is 18.9 Å². The van der Waals surface area contributed by atoms with Gasteiger partial charge in [0.1, 0.15) is 4.21 Å². The summed E-state index contributed by atoms with van der Waals surface area (Å²) in [5, 5.41) is 18.6. The van der Waals surface area contributed by atoms with Gasteiger partial charge in [-0.1, -0.05) is 11.3 Å². The van der Waals surface area contributed by atoms with Crippen LogP contribution in [-0.2, 0) is 16.4 Å². The predicted molar refractivity (Wildman–Crippen MR) is 84.7 cm³/mol. The average molecular weight is 344 g/mol. The van der Waals surface area contributed by atoms with Crippen molar-refractivity contribution in [1.29, 1.82) is 0 Å². The van der Waals surface area contributed by atoms with Gasteiger partial charge in [-0.15, -0.1) is 0 Å². The zero-order valence-corrected chi connectivity index (χ0v) is 14.2. The number of nitrogens with zero attached hydrogens (tertiary/aromatic N) is 3. The highest BCUT2D eigenvalue weighted by atomic mass is 32.2. The maximum atomic E-state index is 11.6. The van der Waals surface area contributed by atoms with Gasteiger partial charge in [0.05, 0.1) is 22.0 Å². The third-order valence-corrected chi connectivity index (χ3v) is 6.01. The Morgan fingerprint density at radius 2 is 2.09 bits per heavy atom. The summed E-state index contributed by atoms with van der Waals surface area (Å²) in [4.78, 5) is 10.5. The highest BCUT2D eigenvalue weighted by molar-refractivity contribution is 7.92. The number of aryl methyl sites for hydroxylation is 2. The lowest BCUT2D eigenvalue weighted by molar-refractivity contribution is -0.383. The lowest BCUT2D eigenvalue weighted by atomic mass is 10.3. The largest absolute Gasteiger partial charge is 0.338 e. The maximum Gasteiger partial charge on any atom is 0.305 e. The van der Waals surface area contributed by atoms with E-state index in [2.05, 4.69) is 10.4 Å². The quantitative estimate of drug-likeness (QED) is 0.660. The number of nitro groups is 1. The summed E-state index contributed by atoms with van der Waals surface area (Å²) < 4.78 is 24.9. The smallest absolute Gasteiger partial charge is 0.305 e. The molecule has 0 unspecified atom stereocenters. The molecule has 0 aliphatic carbocycles. The van der Waals surface area contributed by atoms with Gasteiger partial charge in [-0.3, -0.25) is 14.8 Å². The minimum atomic E-state index is -3.50. The van der Waals surface area contributed by atoms with Crippen molar-refractivity contribution in [1.82, 2.24) is 9.78 Å². The Labute approximate surface area is 131 Å². The molecule has 0 saturated carbocycles. The van der Waals surface area contributed by atoms with E-state index in [1.165, 1.54) is 0 Å². The second-order valence-electron chi connectivity index (χ2n) is 4.80. The van der Waals surface area contributed by atoms with Crippen molar-refractivity contribution in [2.75, 3.05) is 11.6 Å². The van der Waals surface area contributed by atoms with Crippen LogP contribution in [0.15, 0.2) is 10.3 Å². The molecule has 0 fully saturated rings. The Balaban J connectivity index is 2.52. The molecule has 2 aromatic rings. The Morgan fingerprint density at radius 1 is 1.45 bits per heavy atom. The Morgan fingerprint density at radius 3 is 2.55 bits per heavy atom. The van der Waals surface area contributed by atoms with Crippen LogP contribution < -0.4 is 5.32 Å². The molecular formula is C12H16N4O4S2. The number of nitrogens with one attached hydrogen (secondary N) is 1. The molecule has 0 saturated heterocycles. The van der Waals surface area contributed by atoms with E-state index in [4.69, 9.17) is 0 Å². The van der Waals surface area contributed by atoms with Crippen LogP contribution in [0.2, 0.25) is 0 Å². The standard InChI is InChI=1S/C12H16N4O4S2/c1-5-15-8(3)11(7(2)14-15)13-12-9(16(17)18)6-10(21-12)22(4,19)20/h6,13H,5H2,1-4H3. The zero-order chi connectivity index (χ0) is 16.7. The number of rotatable bonds is 5. The normalized spacial score (nSPS) is 11.6. The molecule has 0 atom stereocenters. The molecule has 0 aliphatic heterocycles. The Bertz CT molecular complexity index is 836. The summed E-state index contributed by atoms with van der Waals surface area (Å²) >= 11 is 0.846. The van der Waals surface area contributed by atoms with Gasteiger partial charge in [-0.2, -0.15) is 5.10 Å². The molecule has 120 valence electrons. The fourth-order valence-corrected chi connectivity index (χ4v) is 4.01. The lowest BCUT2D eigenvalue weighted by Gasteiger charge is -2.04. The molecule has 0 aromatic carbocycles. The lowest BCUT2D eigenvalue weighted by Crippen LogP contribution is -1.99. The molecule has 2 heterocycles. The SMILES string of the molecule is CCn1nc(C)c(Nc2sc(S(C)(=O)=O)cc2[N+](=O)[O-])c1C. The summed E-state index contributed by atoms with van der Waals surface area (Å²) in [5.41, 5.74) is 1.94. The minimum absolute atomic E-state index is 0.0418. The van der Waals surface area contributed by atoms with Gasteiger partial charge in [0.15, 0.2) is 14.8 Å². The Hall–Kier alpha value is -1.94. The maximum absolute atomic E-state index is 11.6. The van der Waals surface area contributed by atoms with E-state index >= 15 is 0 Å². The number of hydrogen-bond donors (Lipinski definition) is 1. The second kappa shape index (κ2) is 5.69. The summed E-state index contributed by atoms with van der Waals surface area (Å²) in [5.74, 6) is 0. The van der Waals surface area contributed by atoms with Crippen LogP contribution in [0.5, 0.6) is 0 Å². The average Bonchev–Trinajstić information content (AvgIpc) is 2.95. The van der Waals surface area contributed by atoms with E-state index in [0.29, 0.717) is 17.9 Å². The molecule has 0 radical (unpaired) electrons. The first-order chi connectivity index (χ1) is 10.1. The van der Waals surface area contributed by atoms with Gasteiger partial charge in [0.25, 0.3) is 0 Å². The summed E-state index contributed by atoms with van der Waals surface area (Å²) in [6.45, 7) is 6.26. The topological polar surface area (TPSA) is 107 Å². The van der Waals surface area contributed by atoms with Crippen molar-refractivity contribution in [2.45, 2.75) is 31.5 Å². The molecule has 22 heavy (non-hydrogen) atoms. The monoisotopic (exact) mass is 344 g/mol. The van der Waals surface area contributed by atoms with Crippen molar-refractivity contribution >= 4 is 37.5 Å². The summed E-state index contributed by atoms with van der Waals surface area (Å²) in [6, 6.07) is 1.08. The number of thiophene rings is 1. The van der Waals surface area contributed by atoms with E-state index < -0.39 is 14.8 Å². The van der Waals surface area contributed by atoms with E-state index in [1.54, 1.807) is 11.6 Å². The van der Waals surface area contributed by atoms with Crippen molar-refractivity contribution in [3.05, 3.63) is 27.6 Å². The fraction of sp³-hybridized carbons (Fsp3) is 0.417. The minimum Gasteiger partial charge on any atom is -0.338 e. The third-order valence-electron chi connectivity index (χ3n) is 3.17. The van der Waals surface area contributed by atoms with Gasteiger partial charge < -0.3 is 5.32 Å². The highest BCUT2D eigenvalue weighted by Crippen LogP contribution is 2.39. The number of sulfone groups is 1.